The first kappa shape index (κ1) is 20.7. The van der Waals surface area contributed by atoms with E-state index < -0.39 is 16.7 Å². The Labute approximate surface area is 162 Å². The maximum Gasteiger partial charge on any atom is 0.311 e. The molecule has 0 saturated carbocycles. The van der Waals surface area contributed by atoms with Crippen LogP contribution in [-0.4, -0.2) is 48.9 Å². The Bertz CT molecular complexity index is 884. The average molecular weight is 387 g/mol. The number of methoxy groups -OCH3 is 1. The largest absolute Gasteiger partial charge is 0.497 e. The quantitative estimate of drug-likeness (QED) is 0.551. The summed E-state index contributed by atoms with van der Waals surface area (Å²) in [4.78, 5) is 36.5. The van der Waals surface area contributed by atoms with E-state index in [-0.39, 0.29) is 30.2 Å². The van der Waals surface area contributed by atoms with Crippen LogP contribution < -0.4 is 14.8 Å². The maximum absolute atomic E-state index is 12.5. The number of likely N-dealkylation sites (N-methyl/N-ethyl adjacent to an activating group) is 1. The normalized spacial score (nSPS) is 10.1. The first-order valence-electron chi connectivity index (χ1n) is 8.46. The van der Waals surface area contributed by atoms with Crippen LogP contribution in [0.1, 0.15) is 17.3 Å². The molecular formula is C19H21N3O6. The SMILES string of the molecule is CCOc1ccc(C(=O)N(C)CC(=O)Nc2cccc(OC)c2)cc1[N+](=O)[O-]. The highest BCUT2D eigenvalue weighted by atomic mass is 16.6. The monoisotopic (exact) mass is 387 g/mol. The molecule has 0 aromatic heterocycles. The number of carbonyl (C=O) groups is 2. The summed E-state index contributed by atoms with van der Waals surface area (Å²) in [7, 11) is 2.96. The third-order valence-electron chi connectivity index (χ3n) is 3.78. The smallest absolute Gasteiger partial charge is 0.311 e. The van der Waals surface area contributed by atoms with Crippen LogP contribution in [0.15, 0.2) is 42.5 Å². The van der Waals surface area contributed by atoms with E-state index in [1.54, 1.807) is 31.2 Å². The third-order valence-corrected chi connectivity index (χ3v) is 3.78. The lowest BCUT2D eigenvalue weighted by atomic mass is 10.1. The van der Waals surface area contributed by atoms with Gasteiger partial charge in [0.05, 0.1) is 25.2 Å². The molecule has 0 saturated heterocycles. The summed E-state index contributed by atoms with van der Waals surface area (Å²) in [6.07, 6.45) is 0. The fourth-order valence-corrected chi connectivity index (χ4v) is 2.48. The molecule has 0 spiro atoms. The van der Waals surface area contributed by atoms with E-state index in [4.69, 9.17) is 9.47 Å². The average Bonchev–Trinajstić information content (AvgIpc) is 2.67. The second-order valence-electron chi connectivity index (χ2n) is 5.81. The number of nitrogens with one attached hydrogen (secondary N) is 1. The molecule has 2 amide bonds. The van der Waals surface area contributed by atoms with E-state index in [2.05, 4.69) is 5.32 Å². The van der Waals surface area contributed by atoms with Crippen LogP contribution in [0.25, 0.3) is 0 Å². The van der Waals surface area contributed by atoms with E-state index in [1.807, 2.05) is 0 Å². The van der Waals surface area contributed by atoms with Crippen molar-refractivity contribution in [3.8, 4) is 11.5 Å². The van der Waals surface area contributed by atoms with Crippen molar-refractivity contribution in [2.75, 3.05) is 32.6 Å². The van der Waals surface area contributed by atoms with E-state index >= 15 is 0 Å². The number of nitro benzene ring substituents is 1. The fourth-order valence-electron chi connectivity index (χ4n) is 2.48. The number of anilines is 1. The maximum atomic E-state index is 12.5. The van der Waals surface area contributed by atoms with Crippen LogP contribution in [-0.2, 0) is 4.79 Å². The van der Waals surface area contributed by atoms with Crippen molar-refractivity contribution in [3.63, 3.8) is 0 Å². The molecular weight excluding hydrogens is 366 g/mol. The lowest BCUT2D eigenvalue weighted by Gasteiger charge is -2.17. The summed E-state index contributed by atoms with van der Waals surface area (Å²) in [5, 5.41) is 13.9. The highest BCUT2D eigenvalue weighted by Crippen LogP contribution is 2.28. The van der Waals surface area contributed by atoms with Gasteiger partial charge in [-0.15, -0.1) is 0 Å². The van der Waals surface area contributed by atoms with Gasteiger partial charge in [0.15, 0.2) is 5.75 Å². The topological polar surface area (TPSA) is 111 Å². The number of benzene rings is 2. The molecule has 2 rings (SSSR count). The summed E-state index contributed by atoms with van der Waals surface area (Å²) < 4.78 is 10.3. The lowest BCUT2D eigenvalue weighted by molar-refractivity contribution is -0.385. The minimum atomic E-state index is -0.614. The minimum Gasteiger partial charge on any atom is -0.497 e. The molecule has 0 fully saturated rings. The molecule has 148 valence electrons. The highest BCUT2D eigenvalue weighted by Gasteiger charge is 2.21. The molecule has 0 bridgehead atoms. The molecule has 1 N–H and O–H groups in total. The van der Waals surface area contributed by atoms with E-state index in [9.17, 15) is 19.7 Å². The molecule has 2 aromatic rings. The van der Waals surface area contributed by atoms with Gasteiger partial charge in [-0.05, 0) is 31.2 Å². The predicted octanol–water partition coefficient (Wildman–Crippen LogP) is 2.71. The van der Waals surface area contributed by atoms with Crippen LogP contribution in [0, 0.1) is 10.1 Å². The van der Waals surface area contributed by atoms with Gasteiger partial charge in [0.25, 0.3) is 5.91 Å². The first-order valence-corrected chi connectivity index (χ1v) is 8.46. The van der Waals surface area contributed by atoms with Gasteiger partial charge in [-0.25, -0.2) is 0 Å². The zero-order valence-corrected chi connectivity index (χ0v) is 15.8. The molecule has 0 radical (unpaired) electrons. The molecule has 0 atom stereocenters. The van der Waals surface area contributed by atoms with Crippen molar-refractivity contribution >= 4 is 23.2 Å². The molecule has 0 aliphatic heterocycles. The molecule has 0 aliphatic carbocycles. The molecule has 28 heavy (non-hydrogen) atoms. The van der Waals surface area contributed by atoms with E-state index in [0.29, 0.717) is 11.4 Å². The highest BCUT2D eigenvalue weighted by molar-refractivity contribution is 5.99. The number of hydrogen-bond acceptors (Lipinski definition) is 6. The number of rotatable bonds is 8. The first-order chi connectivity index (χ1) is 13.3. The van der Waals surface area contributed by atoms with E-state index in [1.165, 1.54) is 31.2 Å². The number of amides is 2. The molecule has 0 aliphatic rings. The van der Waals surface area contributed by atoms with E-state index in [0.717, 1.165) is 6.07 Å². The van der Waals surface area contributed by atoms with Crippen LogP contribution >= 0.6 is 0 Å². The lowest BCUT2D eigenvalue weighted by Crippen LogP contribution is -2.35. The van der Waals surface area contributed by atoms with Crippen molar-refractivity contribution in [3.05, 3.63) is 58.1 Å². The van der Waals surface area contributed by atoms with Gasteiger partial charge >= 0.3 is 5.69 Å². The van der Waals surface area contributed by atoms with Gasteiger partial charge in [0.1, 0.15) is 5.75 Å². The molecule has 9 heteroatoms. The van der Waals surface area contributed by atoms with Crippen LogP contribution in [0.4, 0.5) is 11.4 Å². The van der Waals surface area contributed by atoms with Gasteiger partial charge in [0, 0.05) is 30.4 Å². The summed E-state index contributed by atoms with van der Waals surface area (Å²) in [5.74, 6) is -0.261. The van der Waals surface area contributed by atoms with Crippen molar-refractivity contribution in [2.24, 2.45) is 0 Å². The van der Waals surface area contributed by atoms with Crippen molar-refractivity contribution in [1.82, 2.24) is 4.90 Å². The van der Waals surface area contributed by atoms with Gasteiger partial charge in [-0.2, -0.15) is 0 Å². The van der Waals surface area contributed by atoms with Gasteiger partial charge in [-0.1, -0.05) is 6.07 Å². The molecule has 0 unspecified atom stereocenters. The Hall–Kier alpha value is -3.62. The van der Waals surface area contributed by atoms with Gasteiger partial charge < -0.3 is 19.7 Å². The second kappa shape index (κ2) is 9.36. The Balaban J connectivity index is 2.08. The number of nitrogens with zero attached hydrogens (tertiary/aromatic N) is 2. The number of ether oxygens (including phenoxy) is 2. The van der Waals surface area contributed by atoms with Crippen molar-refractivity contribution < 1.29 is 24.0 Å². The van der Waals surface area contributed by atoms with Crippen molar-refractivity contribution in [1.29, 1.82) is 0 Å². The Kier molecular flexibility index (Phi) is 6.91. The summed E-state index contributed by atoms with van der Waals surface area (Å²) >= 11 is 0. The van der Waals surface area contributed by atoms with Gasteiger partial charge in [-0.3, -0.25) is 19.7 Å². The minimum absolute atomic E-state index is 0.0856. The summed E-state index contributed by atoms with van der Waals surface area (Å²) in [5.41, 5.74) is 0.315. The number of nitro groups is 1. The fraction of sp³-hybridized carbons (Fsp3) is 0.263. The van der Waals surface area contributed by atoms with Crippen molar-refractivity contribution in [2.45, 2.75) is 6.92 Å². The summed E-state index contributed by atoms with van der Waals surface area (Å²) in [6.45, 7) is 1.74. The molecule has 2 aromatic carbocycles. The number of carbonyl (C=O) groups excluding carboxylic acids is 2. The Morgan fingerprint density at radius 2 is 1.96 bits per heavy atom. The third kappa shape index (κ3) is 5.19. The van der Waals surface area contributed by atoms with Gasteiger partial charge in [0.2, 0.25) is 5.91 Å². The second-order valence-corrected chi connectivity index (χ2v) is 5.81. The van der Waals surface area contributed by atoms with Crippen LogP contribution in [0.3, 0.4) is 0 Å². The van der Waals surface area contributed by atoms with Crippen LogP contribution in [0.2, 0.25) is 0 Å². The van der Waals surface area contributed by atoms with Crippen LogP contribution in [0.5, 0.6) is 11.5 Å². The summed E-state index contributed by atoms with van der Waals surface area (Å²) in [6, 6.07) is 10.7. The molecule has 0 heterocycles. The predicted molar refractivity (Wildman–Crippen MR) is 103 cm³/mol. The Morgan fingerprint density at radius 3 is 2.61 bits per heavy atom. The zero-order chi connectivity index (χ0) is 20.7. The number of hydrogen-bond donors (Lipinski definition) is 1. The zero-order valence-electron chi connectivity index (χ0n) is 15.8. The Morgan fingerprint density at radius 1 is 1.21 bits per heavy atom. The molecule has 9 nitrogen and oxygen atoms in total. The standard InChI is InChI=1S/C19H21N3O6/c1-4-28-17-9-8-13(10-16(17)22(25)26)19(24)21(2)12-18(23)20-14-6-5-7-15(11-14)27-3/h5-11H,4,12H2,1-3H3,(H,20,23).